The predicted octanol–water partition coefficient (Wildman–Crippen LogP) is 6.75. The highest BCUT2D eigenvalue weighted by molar-refractivity contribution is 9.10. The van der Waals surface area contributed by atoms with Crippen LogP contribution in [0.25, 0.3) is 6.08 Å². The third-order valence-electron chi connectivity index (χ3n) is 4.30. The predicted molar refractivity (Wildman–Crippen MR) is 120 cm³/mol. The number of ketones is 1. The quantitative estimate of drug-likeness (QED) is 0.143. The Bertz CT molecular complexity index is 1100. The Hall–Kier alpha value is -2.71. The standard InChI is InChI=1S/C22H20BrNO5S/c1-3-4-21-18(23)12-22(30-21)20(25)10-8-15-5-6-17(29-15)13-28-16-7-9-19(24(26)27)14(2)11-16/h5-12H,3-4,13H2,1-2H3/b10-8+. The molecule has 30 heavy (non-hydrogen) atoms. The number of ether oxygens (including phenoxy) is 1. The van der Waals surface area contributed by atoms with Crippen molar-refractivity contribution >= 4 is 44.8 Å². The van der Waals surface area contributed by atoms with E-state index < -0.39 is 4.92 Å². The van der Waals surface area contributed by atoms with Crippen molar-refractivity contribution in [2.24, 2.45) is 0 Å². The smallest absolute Gasteiger partial charge is 0.272 e. The SMILES string of the molecule is CCCc1sc(C(=O)/C=C/c2ccc(COc3ccc([N+](=O)[O-])c(C)c3)o2)cc1Br. The molecule has 0 aliphatic heterocycles. The van der Waals surface area contributed by atoms with E-state index in [1.807, 2.05) is 6.07 Å². The van der Waals surface area contributed by atoms with Gasteiger partial charge in [0.1, 0.15) is 23.9 Å². The number of nitro benzene ring substituents is 1. The maximum Gasteiger partial charge on any atom is 0.272 e. The molecule has 3 rings (SSSR count). The lowest BCUT2D eigenvalue weighted by Crippen LogP contribution is -1.96. The summed E-state index contributed by atoms with van der Waals surface area (Å²) in [5, 5.41) is 10.9. The van der Waals surface area contributed by atoms with Crippen molar-refractivity contribution in [3.8, 4) is 5.75 Å². The minimum atomic E-state index is -0.426. The maximum atomic E-state index is 12.4. The number of furan rings is 1. The first-order chi connectivity index (χ1) is 14.4. The van der Waals surface area contributed by atoms with E-state index in [4.69, 9.17) is 9.15 Å². The van der Waals surface area contributed by atoms with E-state index in [9.17, 15) is 14.9 Å². The lowest BCUT2D eigenvalue weighted by molar-refractivity contribution is -0.385. The van der Waals surface area contributed by atoms with Gasteiger partial charge >= 0.3 is 0 Å². The topological polar surface area (TPSA) is 82.6 Å². The summed E-state index contributed by atoms with van der Waals surface area (Å²) in [7, 11) is 0. The molecule has 0 aliphatic rings. The van der Waals surface area contributed by atoms with E-state index in [1.165, 1.54) is 28.4 Å². The number of aryl methyl sites for hydroxylation is 2. The van der Waals surface area contributed by atoms with Crippen LogP contribution >= 0.6 is 27.3 Å². The van der Waals surface area contributed by atoms with Gasteiger partial charge in [0, 0.05) is 21.0 Å². The highest BCUT2D eigenvalue weighted by atomic mass is 79.9. The van der Waals surface area contributed by atoms with Gasteiger partial charge in [0.15, 0.2) is 5.78 Å². The van der Waals surface area contributed by atoms with Gasteiger partial charge < -0.3 is 9.15 Å². The summed E-state index contributed by atoms with van der Waals surface area (Å²) in [6, 6.07) is 9.98. The van der Waals surface area contributed by atoms with Gasteiger partial charge in [0.05, 0.1) is 9.80 Å². The van der Waals surface area contributed by atoms with E-state index in [2.05, 4.69) is 22.9 Å². The zero-order chi connectivity index (χ0) is 21.7. The average molecular weight is 490 g/mol. The molecule has 0 unspecified atom stereocenters. The van der Waals surface area contributed by atoms with Gasteiger partial charge in [-0.25, -0.2) is 0 Å². The maximum absolute atomic E-state index is 12.4. The van der Waals surface area contributed by atoms with Crippen LogP contribution in [-0.2, 0) is 13.0 Å². The zero-order valence-corrected chi connectivity index (χ0v) is 18.9. The van der Waals surface area contributed by atoms with Crippen molar-refractivity contribution in [3.05, 3.63) is 83.9 Å². The second-order valence-corrected chi connectivity index (χ2v) is 8.62. The minimum absolute atomic E-state index is 0.0528. The first kappa shape index (κ1) is 22.0. The molecule has 0 spiro atoms. The number of halogens is 1. The van der Waals surface area contributed by atoms with Crippen LogP contribution in [0.3, 0.4) is 0 Å². The normalized spacial score (nSPS) is 11.2. The number of hydrogen-bond donors (Lipinski definition) is 0. The third-order valence-corrected chi connectivity index (χ3v) is 6.48. The van der Waals surface area contributed by atoms with Crippen molar-refractivity contribution < 1.29 is 18.9 Å². The molecule has 0 bridgehead atoms. The molecule has 0 radical (unpaired) electrons. The summed E-state index contributed by atoms with van der Waals surface area (Å²) in [5.74, 6) is 1.58. The molecular weight excluding hydrogens is 470 g/mol. The lowest BCUT2D eigenvalue weighted by atomic mass is 10.2. The fourth-order valence-corrected chi connectivity index (χ4v) is 4.70. The average Bonchev–Trinajstić information content (AvgIpc) is 3.31. The molecule has 8 heteroatoms. The van der Waals surface area contributed by atoms with Crippen LogP contribution in [0.2, 0.25) is 0 Å². The molecule has 0 saturated heterocycles. The van der Waals surface area contributed by atoms with Gasteiger partial charge in [-0.15, -0.1) is 11.3 Å². The summed E-state index contributed by atoms with van der Waals surface area (Å²) < 4.78 is 12.3. The Morgan fingerprint density at radius 2 is 2.10 bits per heavy atom. The monoisotopic (exact) mass is 489 g/mol. The largest absolute Gasteiger partial charge is 0.486 e. The number of nitro groups is 1. The fourth-order valence-electron chi connectivity index (χ4n) is 2.80. The molecule has 0 atom stereocenters. The highest BCUT2D eigenvalue weighted by Gasteiger charge is 2.12. The van der Waals surface area contributed by atoms with Gasteiger partial charge in [0.2, 0.25) is 0 Å². The van der Waals surface area contributed by atoms with Crippen LogP contribution in [0, 0.1) is 17.0 Å². The second kappa shape index (κ2) is 9.86. The van der Waals surface area contributed by atoms with E-state index in [1.54, 1.807) is 37.3 Å². The Morgan fingerprint density at radius 3 is 2.80 bits per heavy atom. The third kappa shape index (κ3) is 5.46. The summed E-state index contributed by atoms with van der Waals surface area (Å²) >= 11 is 5.01. The Balaban J connectivity index is 1.59. The molecule has 0 fully saturated rings. The van der Waals surface area contributed by atoms with E-state index in [-0.39, 0.29) is 18.1 Å². The summed E-state index contributed by atoms with van der Waals surface area (Å²) in [6.45, 7) is 3.95. The molecule has 6 nitrogen and oxygen atoms in total. The van der Waals surface area contributed by atoms with Crippen LogP contribution in [-0.4, -0.2) is 10.7 Å². The van der Waals surface area contributed by atoms with Gasteiger partial charge in [0.25, 0.3) is 5.69 Å². The lowest BCUT2D eigenvalue weighted by Gasteiger charge is -2.05. The van der Waals surface area contributed by atoms with Crippen molar-refractivity contribution in [2.45, 2.75) is 33.3 Å². The number of carbonyl (C=O) groups is 1. The van der Waals surface area contributed by atoms with Crippen LogP contribution in [0.1, 0.15) is 45.0 Å². The first-order valence-corrected chi connectivity index (χ1v) is 11.0. The number of benzene rings is 1. The summed E-state index contributed by atoms with van der Waals surface area (Å²) in [5.41, 5.74) is 0.582. The molecule has 2 heterocycles. The van der Waals surface area contributed by atoms with Crippen molar-refractivity contribution in [1.82, 2.24) is 0 Å². The number of thiophene rings is 1. The summed E-state index contributed by atoms with van der Waals surface area (Å²) in [6.07, 6.45) is 5.10. The molecule has 0 aliphatic carbocycles. The molecular formula is C22H20BrNO5S. The second-order valence-electron chi connectivity index (χ2n) is 6.63. The Labute approximate surface area is 186 Å². The molecule has 0 saturated carbocycles. The molecule has 2 aromatic heterocycles. The minimum Gasteiger partial charge on any atom is -0.486 e. The molecule has 3 aromatic rings. The molecule has 0 amide bonds. The molecule has 156 valence electrons. The number of allylic oxidation sites excluding steroid dienone is 1. The highest BCUT2D eigenvalue weighted by Crippen LogP contribution is 2.29. The van der Waals surface area contributed by atoms with Gasteiger partial charge in [-0.3, -0.25) is 14.9 Å². The number of rotatable bonds is 9. The van der Waals surface area contributed by atoms with E-state index in [0.29, 0.717) is 27.7 Å². The molecule has 0 N–H and O–H groups in total. The number of carbonyl (C=O) groups excluding carboxylic acids is 1. The van der Waals surface area contributed by atoms with Gasteiger partial charge in [-0.1, -0.05) is 13.3 Å². The van der Waals surface area contributed by atoms with Crippen LogP contribution < -0.4 is 4.74 Å². The van der Waals surface area contributed by atoms with Crippen LogP contribution in [0.15, 0.2) is 51.4 Å². The Kier molecular flexibility index (Phi) is 7.23. The number of hydrogen-bond acceptors (Lipinski definition) is 6. The van der Waals surface area contributed by atoms with Crippen LogP contribution in [0.5, 0.6) is 5.75 Å². The van der Waals surface area contributed by atoms with Crippen molar-refractivity contribution in [3.63, 3.8) is 0 Å². The Morgan fingerprint density at radius 1 is 1.30 bits per heavy atom. The van der Waals surface area contributed by atoms with Crippen molar-refractivity contribution in [2.75, 3.05) is 0 Å². The van der Waals surface area contributed by atoms with Crippen molar-refractivity contribution in [1.29, 1.82) is 0 Å². The van der Waals surface area contributed by atoms with E-state index >= 15 is 0 Å². The van der Waals surface area contributed by atoms with Crippen LogP contribution in [0.4, 0.5) is 5.69 Å². The first-order valence-electron chi connectivity index (χ1n) is 9.34. The fraction of sp³-hybridized carbons (Fsp3) is 0.227. The van der Waals surface area contributed by atoms with Gasteiger partial charge in [-0.2, -0.15) is 0 Å². The zero-order valence-electron chi connectivity index (χ0n) is 16.5. The van der Waals surface area contributed by atoms with Gasteiger partial charge in [-0.05, 0) is 71.8 Å². The van der Waals surface area contributed by atoms with E-state index in [0.717, 1.165) is 17.3 Å². The number of nitrogens with zero attached hydrogens (tertiary/aromatic N) is 1. The molecule has 1 aromatic carbocycles. The summed E-state index contributed by atoms with van der Waals surface area (Å²) in [4.78, 5) is 24.7.